The maximum atomic E-state index is 12.9. The zero-order chi connectivity index (χ0) is 26.5. The molecule has 1 fully saturated rings. The van der Waals surface area contributed by atoms with Gasteiger partial charge in [-0.2, -0.15) is 0 Å². The number of carbonyl (C=O) groups is 2. The van der Waals surface area contributed by atoms with Crippen LogP contribution in [-0.4, -0.2) is 47.9 Å². The van der Waals surface area contributed by atoms with Crippen LogP contribution in [0.25, 0.3) is 0 Å². The van der Waals surface area contributed by atoms with Gasteiger partial charge in [-0.3, -0.25) is 9.59 Å². The van der Waals surface area contributed by atoms with E-state index in [0.717, 1.165) is 48.7 Å². The van der Waals surface area contributed by atoms with Crippen molar-refractivity contribution in [3.8, 4) is 0 Å². The highest BCUT2D eigenvalue weighted by atomic mass is 16.2. The number of pyridine rings is 1. The van der Waals surface area contributed by atoms with E-state index in [9.17, 15) is 9.59 Å². The Morgan fingerprint density at radius 2 is 2.05 bits per heavy atom. The van der Waals surface area contributed by atoms with E-state index in [1.807, 2.05) is 42.5 Å². The van der Waals surface area contributed by atoms with E-state index in [4.69, 9.17) is 0 Å². The molecule has 1 atom stereocenters. The Hall–Kier alpha value is -3.51. The van der Waals surface area contributed by atoms with Crippen LogP contribution in [0.4, 0.5) is 5.82 Å². The normalized spacial score (nSPS) is 21.5. The number of hydrogen-bond acceptors (Lipinski definition) is 4. The lowest BCUT2D eigenvalue weighted by molar-refractivity contribution is -0.120. The summed E-state index contributed by atoms with van der Waals surface area (Å²) in [5, 5.41) is 6.05. The molecule has 2 aromatic rings. The van der Waals surface area contributed by atoms with Crippen LogP contribution in [0.2, 0.25) is 0 Å². The van der Waals surface area contributed by atoms with Crippen LogP contribution in [0.3, 0.4) is 0 Å². The monoisotopic (exact) mass is 510 g/mol. The van der Waals surface area contributed by atoms with Gasteiger partial charge < -0.3 is 15.5 Å². The Bertz CT molecular complexity index is 1270. The van der Waals surface area contributed by atoms with E-state index in [2.05, 4.69) is 46.2 Å². The summed E-state index contributed by atoms with van der Waals surface area (Å²) in [5.74, 6) is 1.36. The van der Waals surface area contributed by atoms with Gasteiger partial charge in [0.25, 0.3) is 5.91 Å². The molecule has 0 bridgehead atoms. The number of nitrogens with zero attached hydrogens (tertiary/aromatic N) is 2. The first-order valence-corrected chi connectivity index (χ1v) is 13.8. The molecular formula is C32H38N4O2. The van der Waals surface area contributed by atoms with Crippen molar-refractivity contribution in [1.82, 2.24) is 15.2 Å². The Labute approximate surface area is 225 Å². The fourth-order valence-electron chi connectivity index (χ4n) is 6.26. The van der Waals surface area contributed by atoms with Gasteiger partial charge >= 0.3 is 0 Å². The Balaban J connectivity index is 1.09. The molecule has 6 heteroatoms. The largest absolute Gasteiger partial charge is 0.351 e. The predicted molar refractivity (Wildman–Crippen MR) is 152 cm³/mol. The average Bonchev–Trinajstić information content (AvgIpc) is 3.45. The van der Waals surface area contributed by atoms with Crippen LogP contribution in [0.1, 0.15) is 59.7 Å². The Morgan fingerprint density at radius 1 is 1.24 bits per heavy atom. The molecule has 1 aliphatic carbocycles. The highest BCUT2D eigenvalue weighted by molar-refractivity contribution is 6.06. The molecule has 1 saturated heterocycles. The minimum absolute atomic E-state index is 0.00337. The van der Waals surface area contributed by atoms with E-state index < -0.39 is 5.41 Å². The lowest BCUT2D eigenvalue weighted by atomic mass is 9.79. The van der Waals surface area contributed by atoms with E-state index in [0.29, 0.717) is 30.8 Å². The van der Waals surface area contributed by atoms with Gasteiger partial charge in [0.1, 0.15) is 5.82 Å². The molecule has 3 aliphatic rings. The molecule has 1 spiro atoms. The fraction of sp³-hybridized carbons (Fsp3) is 0.406. The highest BCUT2D eigenvalue weighted by Crippen LogP contribution is 2.46. The average molecular weight is 511 g/mol. The zero-order valence-corrected chi connectivity index (χ0v) is 22.3. The fourth-order valence-corrected chi connectivity index (χ4v) is 6.26. The van der Waals surface area contributed by atoms with Gasteiger partial charge in [0.2, 0.25) is 5.91 Å². The van der Waals surface area contributed by atoms with Crippen LogP contribution in [0, 0.1) is 5.92 Å². The van der Waals surface area contributed by atoms with Crippen molar-refractivity contribution in [2.24, 2.45) is 5.92 Å². The number of anilines is 1. The number of hydrogen-bond donors (Lipinski definition) is 2. The third kappa shape index (κ3) is 5.37. The highest BCUT2D eigenvalue weighted by Gasteiger charge is 2.51. The maximum absolute atomic E-state index is 12.9. The Kier molecular flexibility index (Phi) is 7.89. The van der Waals surface area contributed by atoms with E-state index in [1.54, 1.807) is 6.20 Å². The van der Waals surface area contributed by atoms with E-state index >= 15 is 0 Å². The number of piperidine rings is 1. The first-order valence-electron chi connectivity index (χ1n) is 13.8. The number of aromatic nitrogens is 1. The number of amides is 2. The number of likely N-dealkylation sites (tertiary alicyclic amines) is 1. The third-order valence-corrected chi connectivity index (χ3v) is 8.47. The third-order valence-electron chi connectivity index (χ3n) is 8.47. The van der Waals surface area contributed by atoms with E-state index in [-0.39, 0.29) is 11.8 Å². The Morgan fingerprint density at radius 3 is 2.84 bits per heavy atom. The van der Waals surface area contributed by atoms with Gasteiger partial charge in [0.05, 0.1) is 5.41 Å². The van der Waals surface area contributed by atoms with Crippen LogP contribution < -0.4 is 10.6 Å². The number of nitrogens with one attached hydrogen (secondary N) is 2. The van der Waals surface area contributed by atoms with Crippen molar-refractivity contribution >= 4 is 17.6 Å². The molecular weight excluding hydrogens is 472 g/mol. The standard InChI is InChI=1S/C32H38N4O2/c1-3-5-6-8-23(4-2)19-24-12-16-36(17-13-24)18-15-34-30(37)25-10-11-26-21-32(22-27(26)20-25)28-9-7-14-33-29(28)35-31(32)38/h3-7,9-11,14,20,24H,1,8,12-13,15-19,21-22H2,2H3,(H,34,37)(H,33,35,38)/b6-5?,23-4+. The second kappa shape index (κ2) is 11.5. The van der Waals surface area contributed by atoms with Crippen molar-refractivity contribution in [2.75, 3.05) is 31.5 Å². The summed E-state index contributed by atoms with van der Waals surface area (Å²) in [5.41, 5.74) is 4.73. The smallest absolute Gasteiger partial charge is 0.251 e. The summed E-state index contributed by atoms with van der Waals surface area (Å²) in [6.07, 6.45) is 15.8. The van der Waals surface area contributed by atoms with Crippen molar-refractivity contribution in [3.05, 3.63) is 95.2 Å². The summed E-state index contributed by atoms with van der Waals surface area (Å²) in [7, 11) is 0. The maximum Gasteiger partial charge on any atom is 0.251 e. The van der Waals surface area contributed by atoms with Crippen molar-refractivity contribution in [1.29, 1.82) is 0 Å². The molecule has 198 valence electrons. The second-order valence-corrected chi connectivity index (χ2v) is 10.8. The molecule has 6 nitrogen and oxygen atoms in total. The second-order valence-electron chi connectivity index (χ2n) is 10.8. The van der Waals surface area contributed by atoms with Crippen molar-refractivity contribution in [2.45, 2.75) is 50.9 Å². The molecule has 1 aromatic carbocycles. The number of benzene rings is 1. The van der Waals surface area contributed by atoms with Crippen LogP contribution in [0.5, 0.6) is 0 Å². The van der Waals surface area contributed by atoms with Crippen LogP contribution >= 0.6 is 0 Å². The first kappa shape index (κ1) is 26.1. The van der Waals surface area contributed by atoms with Gasteiger partial charge in [-0.15, -0.1) is 0 Å². The van der Waals surface area contributed by atoms with E-state index in [1.165, 1.54) is 24.8 Å². The summed E-state index contributed by atoms with van der Waals surface area (Å²) in [6.45, 7) is 9.55. The quantitative estimate of drug-likeness (QED) is 0.369. The molecule has 3 heterocycles. The van der Waals surface area contributed by atoms with Gasteiger partial charge in [-0.25, -0.2) is 4.98 Å². The zero-order valence-electron chi connectivity index (χ0n) is 22.3. The van der Waals surface area contributed by atoms with Gasteiger partial charge in [0.15, 0.2) is 0 Å². The summed E-state index contributed by atoms with van der Waals surface area (Å²) in [6, 6.07) is 9.74. The minimum atomic E-state index is -0.608. The number of carbonyl (C=O) groups excluding carboxylic acids is 2. The molecule has 1 aromatic heterocycles. The minimum Gasteiger partial charge on any atom is -0.351 e. The van der Waals surface area contributed by atoms with Crippen LogP contribution in [0.15, 0.2) is 73.0 Å². The first-order chi connectivity index (χ1) is 18.5. The topological polar surface area (TPSA) is 74.3 Å². The summed E-state index contributed by atoms with van der Waals surface area (Å²) < 4.78 is 0. The lowest BCUT2D eigenvalue weighted by Gasteiger charge is -2.32. The molecule has 0 saturated carbocycles. The van der Waals surface area contributed by atoms with Gasteiger partial charge in [-0.1, -0.05) is 48.6 Å². The molecule has 1 unspecified atom stereocenters. The molecule has 2 amide bonds. The summed E-state index contributed by atoms with van der Waals surface area (Å²) in [4.78, 5) is 32.7. The molecule has 2 aliphatic heterocycles. The molecule has 2 N–H and O–H groups in total. The summed E-state index contributed by atoms with van der Waals surface area (Å²) >= 11 is 0. The molecule has 38 heavy (non-hydrogen) atoms. The van der Waals surface area contributed by atoms with Crippen molar-refractivity contribution in [3.63, 3.8) is 0 Å². The van der Waals surface area contributed by atoms with Crippen molar-refractivity contribution < 1.29 is 9.59 Å². The van der Waals surface area contributed by atoms with Gasteiger partial charge in [0, 0.05) is 30.4 Å². The number of fused-ring (bicyclic) bond motifs is 3. The molecule has 0 radical (unpaired) electrons. The van der Waals surface area contributed by atoms with Gasteiger partial charge in [-0.05, 0) is 93.8 Å². The van der Waals surface area contributed by atoms with Crippen LogP contribution in [-0.2, 0) is 23.1 Å². The molecule has 5 rings (SSSR count). The lowest BCUT2D eigenvalue weighted by Crippen LogP contribution is -2.39. The number of allylic oxidation sites excluding steroid dienone is 5. The predicted octanol–water partition coefficient (Wildman–Crippen LogP) is 4.98. The SMILES string of the molecule is C=CC=CC/C(=C\C)CC1CCN(CCNC(=O)c2ccc3c(c2)CC2(C3)C(=O)Nc3ncccc32)CC1. The number of rotatable bonds is 9.